The van der Waals surface area contributed by atoms with Crippen LogP contribution in [0.25, 0.3) is 0 Å². The average Bonchev–Trinajstić information content (AvgIpc) is 2.31. The molecular weight excluding hydrogens is 325 g/mol. The molecule has 0 bridgehead atoms. The Morgan fingerprint density at radius 3 is 2.55 bits per heavy atom. The van der Waals surface area contributed by atoms with E-state index in [0.29, 0.717) is 15.6 Å². The average molecular weight is 338 g/mol. The molecule has 5 nitrogen and oxygen atoms in total. The van der Waals surface area contributed by atoms with Gasteiger partial charge in [-0.15, -0.1) is 0 Å². The highest BCUT2D eigenvalue weighted by atomic mass is 35.5. The van der Waals surface area contributed by atoms with Gasteiger partial charge >= 0.3 is 5.97 Å². The standard InChI is InChI=1S/C12H13Cl2NO4S/c1-7(16)15-11(12(17)18)6-20(19)5-8-2-3-9(13)4-10(8)14/h2-4,11H,5-6H2,1H3,(H,15,16)(H,17,18). The van der Waals surface area contributed by atoms with Crippen molar-refractivity contribution in [3.05, 3.63) is 33.8 Å². The van der Waals surface area contributed by atoms with Gasteiger partial charge in [-0.05, 0) is 17.7 Å². The molecule has 0 fully saturated rings. The maximum atomic E-state index is 12.0. The highest BCUT2D eigenvalue weighted by molar-refractivity contribution is 7.84. The third-order valence-corrected chi connectivity index (χ3v) is 4.28. The molecule has 0 aliphatic carbocycles. The lowest BCUT2D eigenvalue weighted by Gasteiger charge is -2.13. The fourth-order valence-electron chi connectivity index (χ4n) is 1.48. The SMILES string of the molecule is CC(=O)NC(CS(=O)Cc1ccc(Cl)cc1Cl)C(=O)O. The van der Waals surface area contributed by atoms with E-state index in [4.69, 9.17) is 28.3 Å². The molecule has 0 saturated heterocycles. The van der Waals surface area contributed by atoms with E-state index in [2.05, 4.69) is 5.32 Å². The number of aliphatic carboxylic acids is 1. The maximum absolute atomic E-state index is 12.0. The summed E-state index contributed by atoms with van der Waals surface area (Å²) in [4.78, 5) is 21.8. The molecule has 1 rings (SSSR count). The topological polar surface area (TPSA) is 83.5 Å². The number of hydrogen-bond donors (Lipinski definition) is 2. The molecule has 1 aromatic rings. The van der Waals surface area contributed by atoms with Crippen LogP contribution in [0.1, 0.15) is 12.5 Å². The Morgan fingerprint density at radius 2 is 2.05 bits per heavy atom. The summed E-state index contributed by atoms with van der Waals surface area (Å²) in [5.74, 6) is -1.80. The summed E-state index contributed by atoms with van der Waals surface area (Å²) in [5, 5.41) is 12.0. The number of carboxylic acids is 1. The second kappa shape index (κ2) is 7.61. The maximum Gasteiger partial charge on any atom is 0.327 e. The van der Waals surface area contributed by atoms with Crippen LogP contribution in [0, 0.1) is 0 Å². The predicted molar refractivity (Wildman–Crippen MR) is 78.4 cm³/mol. The molecule has 110 valence electrons. The largest absolute Gasteiger partial charge is 0.480 e. The number of amides is 1. The van der Waals surface area contributed by atoms with Crippen molar-refractivity contribution >= 4 is 45.9 Å². The van der Waals surface area contributed by atoms with E-state index in [1.165, 1.54) is 13.0 Å². The van der Waals surface area contributed by atoms with Crippen molar-refractivity contribution in [2.24, 2.45) is 0 Å². The summed E-state index contributed by atoms with van der Waals surface area (Å²) in [7, 11) is -1.48. The second-order valence-electron chi connectivity index (χ2n) is 4.08. The van der Waals surface area contributed by atoms with Crippen molar-refractivity contribution in [1.29, 1.82) is 0 Å². The lowest BCUT2D eigenvalue weighted by Crippen LogP contribution is -2.43. The van der Waals surface area contributed by atoms with Gasteiger partial charge in [-0.25, -0.2) is 4.79 Å². The summed E-state index contributed by atoms with van der Waals surface area (Å²) < 4.78 is 12.0. The molecule has 1 amide bonds. The molecule has 2 N–H and O–H groups in total. The zero-order valence-electron chi connectivity index (χ0n) is 10.6. The molecule has 1 aromatic carbocycles. The molecule has 0 aromatic heterocycles. The van der Waals surface area contributed by atoms with Gasteiger partial charge in [-0.1, -0.05) is 29.3 Å². The Labute approximate surface area is 128 Å². The Bertz CT molecular complexity index is 550. The smallest absolute Gasteiger partial charge is 0.327 e. The Kier molecular flexibility index (Phi) is 6.45. The van der Waals surface area contributed by atoms with E-state index in [1.54, 1.807) is 12.1 Å². The first-order valence-electron chi connectivity index (χ1n) is 5.58. The first-order chi connectivity index (χ1) is 9.29. The van der Waals surface area contributed by atoms with Crippen LogP contribution in [-0.4, -0.2) is 33.0 Å². The zero-order chi connectivity index (χ0) is 15.3. The van der Waals surface area contributed by atoms with Crippen LogP contribution in [0.4, 0.5) is 0 Å². The van der Waals surface area contributed by atoms with Gasteiger partial charge in [0.05, 0.1) is 11.5 Å². The fraction of sp³-hybridized carbons (Fsp3) is 0.333. The van der Waals surface area contributed by atoms with Gasteiger partial charge in [0.25, 0.3) is 0 Å². The van der Waals surface area contributed by atoms with Crippen LogP contribution in [0.2, 0.25) is 10.0 Å². The Balaban J connectivity index is 2.70. The van der Waals surface area contributed by atoms with Crippen LogP contribution in [0.15, 0.2) is 18.2 Å². The third kappa shape index (κ3) is 5.48. The number of nitrogens with one attached hydrogen (secondary N) is 1. The van der Waals surface area contributed by atoms with Crippen LogP contribution in [-0.2, 0) is 26.1 Å². The van der Waals surface area contributed by atoms with Crippen molar-refractivity contribution in [1.82, 2.24) is 5.32 Å². The third-order valence-electron chi connectivity index (χ3n) is 2.36. The fourth-order valence-corrected chi connectivity index (χ4v) is 3.35. The van der Waals surface area contributed by atoms with E-state index < -0.39 is 28.7 Å². The van der Waals surface area contributed by atoms with Gasteiger partial charge in [-0.2, -0.15) is 0 Å². The normalized spacial score (nSPS) is 13.6. The Morgan fingerprint density at radius 1 is 1.40 bits per heavy atom. The van der Waals surface area contributed by atoms with Crippen LogP contribution in [0.3, 0.4) is 0 Å². The van der Waals surface area contributed by atoms with E-state index in [9.17, 15) is 13.8 Å². The van der Waals surface area contributed by atoms with Crippen molar-refractivity contribution < 1.29 is 18.9 Å². The van der Waals surface area contributed by atoms with Gasteiger partial charge < -0.3 is 10.4 Å². The van der Waals surface area contributed by atoms with Crippen LogP contribution in [0.5, 0.6) is 0 Å². The van der Waals surface area contributed by atoms with Crippen LogP contribution < -0.4 is 5.32 Å². The number of benzene rings is 1. The number of carbonyl (C=O) groups is 2. The molecule has 0 aliphatic rings. The highest BCUT2D eigenvalue weighted by Gasteiger charge is 2.21. The summed E-state index contributed by atoms with van der Waals surface area (Å²) in [6.45, 7) is 1.20. The summed E-state index contributed by atoms with van der Waals surface area (Å²) in [6, 6.07) is 3.59. The summed E-state index contributed by atoms with van der Waals surface area (Å²) in [5.41, 5.74) is 0.612. The van der Waals surface area contributed by atoms with E-state index in [1.807, 2.05) is 0 Å². The lowest BCUT2D eigenvalue weighted by atomic mass is 10.2. The minimum Gasteiger partial charge on any atom is -0.480 e. The minimum atomic E-state index is -1.48. The quantitative estimate of drug-likeness (QED) is 0.829. The number of halogens is 2. The number of rotatable bonds is 6. The van der Waals surface area contributed by atoms with Crippen molar-refractivity contribution in [2.75, 3.05) is 5.75 Å². The summed E-state index contributed by atoms with van der Waals surface area (Å²) in [6.07, 6.45) is 0. The molecular formula is C12H13Cl2NO4S. The van der Waals surface area contributed by atoms with E-state index in [0.717, 1.165) is 0 Å². The van der Waals surface area contributed by atoms with E-state index >= 15 is 0 Å². The lowest BCUT2D eigenvalue weighted by molar-refractivity contribution is -0.140. The van der Waals surface area contributed by atoms with Gasteiger partial charge in [-0.3, -0.25) is 9.00 Å². The van der Waals surface area contributed by atoms with Crippen molar-refractivity contribution in [2.45, 2.75) is 18.7 Å². The monoisotopic (exact) mass is 337 g/mol. The Hall–Kier alpha value is -1.11. The zero-order valence-corrected chi connectivity index (χ0v) is 12.9. The van der Waals surface area contributed by atoms with Crippen molar-refractivity contribution in [3.63, 3.8) is 0 Å². The van der Waals surface area contributed by atoms with Gasteiger partial charge in [0.2, 0.25) is 5.91 Å². The summed E-state index contributed by atoms with van der Waals surface area (Å²) >= 11 is 11.7. The van der Waals surface area contributed by atoms with Crippen molar-refractivity contribution in [3.8, 4) is 0 Å². The first kappa shape index (κ1) is 16.9. The molecule has 2 unspecified atom stereocenters. The van der Waals surface area contributed by atoms with E-state index in [-0.39, 0.29) is 11.5 Å². The second-order valence-corrected chi connectivity index (χ2v) is 6.42. The minimum absolute atomic E-state index is 0.0966. The molecule has 20 heavy (non-hydrogen) atoms. The van der Waals surface area contributed by atoms with Gasteiger partial charge in [0, 0.05) is 27.8 Å². The molecule has 0 aliphatic heterocycles. The highest BCUT2D eigenvalue weighted by Crippen LogP contribution is 2.22. The first-order valence-corrected chi connectivity index (χ1v) is 7.82. The number of carboxylic acid groups (broad SMARTS) is 1. The molecule has 0 heterocycles. The number of carbonyl (C=O) groups excluding carboxylic acids is 1. The number of hydrogen-bond acceptors (Lipinski definition) is 3. The molecule has 2 atom stereocenters. The van der Waals surface area contributed by atoms with Crippen LogP contribution >= 0.6 is 23.2 Å². The predicted octanol–water partition coefficient (Wildman–Crippen LogP) is 1.83. The van der Waals surface area contributed by atoms with Gasteiger partial charge in [0.15, 0.2) is 0 Å². The molecule has 0 saturated carbocycles. The molecule has 0 radical (unpaired) electrons. The van der Waals surface area contributed by atoms with Gasteiger partial charge in [0.1, 0.15) is 6.04 Å². The molecule has 0 spiro atoms. The molecule has 8 heteroatoms.